The van der Waals surface area contributed by atoms with Crippen molar-refractivity contribution in [1.82, 2.24) is 0 Å². The van der Waals surface area contributed by atoms with Crippen molar-refractivity contribution in [2.45, 2.75) is 24.1 Å². The number of fused-ring (bicyclic) bond motifs is 1. The molecule has 0 aromatic heterocycles. The van der Waals surface area contributed by atoms with Crippen molar-refractivity contribution >= 4 is 21.7 Å². The Morgan fingerprint density at radius 1 is 1.00 bits per heavy atom. The van der Waals surface area contributed by atoms with Crippen molar-refractivity contribution < 1.29 is 17.9 Å². The second-order valence-electron chi connectivity index (χ2n) is 4.80. The van der Waals surface area contributed by atoms with E-state index in [0.29, 0.717) is 0 Å². The van der Waals surface area contributed by atoms with Gasteiger partial charge in [0.2, 0.25) is 0 Å². The van der Waals surface area contributed by atoms with Crippen LogP contribution in [0.15, 0.2) is 41.3 Å². The summed E-state index contributed by atoms with van der Waals surface area (Å²) in [6.07, 6.45) is -2.33. The van der Waals surface area contributed by atoms with E-state index in [1.54, 1.807) is 6.07 Å². The fraction of sp³-hybridized carbons (Fsp3) is 0.333. The molecule has 20 heavy (non-hydrogen) atoms. The Morgan fingerprint density at radius 3 is 2.40 bits per heavy atom. The molecule has 5 heteroatoms. The highest BCUT2D eigenvalue weighted by molar-refractivity contribution is 7.97. The molecule has 1 fully saturated rings. The first-order chi connectivity index (χ1) is 9.53. The van der Waals surface area contributed by atoms with Crippen LogP contribution < -0.4 is 4.74 Å². The Labute approximate surface area is 118 Å². The molecule has 0 saturated carbocycles. The number of ether oxygens (including phenoxy) is 1. The van der Waals surface area contributed by atoms with Crippen LogP contribution in [0.3, 0.4) is 0 Å². The van der Waals surface area contributed by atoms with Gasteiger partial charge in [-0.05, 0) is 30.4 Å². The molecule has 0 radical (unpaired) electrons. The van der Waals surface area contributed by atoms with Crippen molar-refractivity contribution in [2.75, 3.05) is 11.5 Å². The van der Waals surface area contributed by atoms with Gasteiger partial charge in [0.1, 0.15) is 17.3 Å². The maximum Gasteiger partial charge on any atom is 0.573 e. The normalized spacial score (nSPS) is 16.8. The SMILES string of the molecule is FC(F)(F)Oc1cc([S+]2CCCC2)c2ccccc2c1. The summed E-state index contributed by atoms with van der Waals surface area (Å²) in [4.78, 5) is 1.01. The molecule has 1 heterocycles. The lowest BCUT2D eigenvalue weighted by Crippen LogP contribution is -2.17. The van der Waals surface area contributed by atoms with Gasteiger partial charge in [0.05, 0.1) is 0 Å². The first-order valence-electron chi connectivity index (χ1n) is 6.49. The molecular formula is C15H14F3OS+. The molecule has 0 atom stereocenters. The minimum atomic E-state index is -4.64. The Morgan fingerprint density at radius 2 is 1.70 bits per heavy atom. The van der Waals surface area contributed by atoms with E-state index >= 15 is 0 Å². The lowest BCUT2D eigenvalue weighted by molar-refractivity contribution is -0.274. The van der Waals surface area contributed by atoms with Crippen LogP contribution in [0.2, 0.25) is 0 Å². The van der Waals surface area contributed by atoms with Crippen molar-refractivity contribution in [1.29, 1.82) is 0 Å². The molecule has 0 amide bonds. The summed E-state index contributed by atoms with van der Waals surface area (Å²) in [6.45, 7) is 0. The minimum Gasteiger partial charge on any atom is -0.406 e. The first kappa shape index (κ1) is 13.6. The van der Waals surface area contributed by atoms with Crippen molar-refractivity contribution in [3.8, 4) is 5.75 Å². The third-order valence-corrected chi connectivity index (χ3v) is 5.90. The van der Waals surface area contributed by atoms with Crippen LogP contribution in [-0.2, 0) is 10.9 Å². The van der Waals surface area contributed by atoms with E-state index in [4.69, 9.17) is 0 Å². The first-order valence-corrected chi connectivity index (χ1v) is 8.05. The number of benzene rings is 2. The average Bonchev–Trinajstić information content (AvgIpc) is 2.89. The summed E-state index contributed by atoms with van der Waals surface area (Å²) in [5.74, 6) is 2.03. The fourth-order valence-electron chi connectivity index (χ4n) is 2.56. The molecule has 0 N–H and O–H groups in total. The van der Waals surface area contributed by atoms with Gasteiger partial charge in [0.15, 0.2) is 4.90 Å². The van der Waals surface area contributed by atoms with Gasteiger partial charge in [-0.1, -0.05) is 18.2 Å². The molecule has 0 aliphatic carbocycles. The van der Waals surface area contributed by atoms with Crippen molar-refractivity contribution in [3.63, 3.8) is 0 Å². The highest BCUT2D eigenvalue weighted by Crippen LogP contribution is 2.35. The summed E-state index contributed by atoms with van der Waals surface area (Å²) in [5.41, 5.74) is 0. The standard InChI is InChI=1S/C15H14F3OS/c16-15(17,18)19-12-9-11-5-1-2-6-13(11)14(10-12)20-7-3-4-8-20/h1-2,5-6,9-10H,3-4,7-8H2/q+1. The van der Waals surface area contributed by atoms with E-state index in [1.165, 1.54) is 6.07 Å². The van der Waals surface area contributed by atoms with E-state index in [9.17, 15) is 13.2 Å². The Kier molecular flexibility index (Phi) is 3.54. The highest BCUT2D eigenvalue weighted by atomic mass is 32.2. The van der Waals surface area contributed by atoms with Crippen LogP contribution in [0.4, 0.5) is 13.2 Å². The lowest BCUT2D eigenvalue weighted by atomic mass is 10.1. The van der Waals surface area contributed by atoms with E-state index < -0.39 is 6.36 Å². The van der Waals surface area contributed by atoms with Crippen LogP contribution in [-0.4, -0.2) is 17.9 Å². The molecule has 2 aromatic rings. The Hall–Kier alpha value is -1.36. The highest BCUT2D eigenvalue weighted by Gasteiger charge is 2.34. The number of hydrogen-bond acceptors (Lipinski definition) is 1. The number of alkyl halides is 3. The summed E-state index contributed by atoms with van der Waals surface area (Å²) in [6, 6.07) is 10.6. The van der Waals surface area contributed by atoms with Gasteiger partial charge in [-0.3, -0.25) is 0 Å². The monoisotopic (exact) mass is 299 g/mol. The summed E-state index contributed by atoms with van der Waals surface area (Å²) in [5, 5.41) is 1.86. The Bertz CT molecular complexity index is 618. The fourth-order valence-corrected chi connectivity index (χ4v) is 5.08. The van der Waals surface area contributed by atoms with Gasteiger partial charge in [-0.25, -0.2) is 0 Å². The van der Waals surface area contributed by atoms with Gasteiger partial charge >= 0.3 is 6.36 Å². The number of halogens is 3. The average molecular weight is 299 g/mol. The number of hydrogen-bond donors (Lipinski definition) is 0. The molecule has 0 unspecified atom stereocenters. The maximum atomic E-state index is 12.4. The van der Waals surface area contributed by atoms with E-state index in [2.05, 4.69) is 4.74 Å². The summed E-state index contributed by atoms with van der Waals surface area (Å²) >= 11 is 0. The topological polar surface area (TPSA) is 9.23 Å². The van der Waals surface area contributed by atoms with Gasteiger partial charge in [0, 0.05) is 22.3 Å². The third-order valence-electron chi connectivity index (χ3n) is 3.37. The maximum absolute atomic E-state index is 12.4. The van der Waals surface area contributed by atoms with Crippen LogP contribution in [0.5, 0.6) is 5.75 Å². The minimum absolute atomic E-state index is 0.0487. The van der Waals surface area contributed by atoms with Crippen molar-refractivity contribution in [3.05, 3.63) is 36.4 Å². The Balaban J connectivity index is 2.09. The molecule has 1 nitrogen and oxygen atoms in total. The second kappa shape index (κ2) is 5.20. The van der Waals surface area contributed by atoms with Crippen LogP contribution in [0, 0.1) is 0 Å². The zero-order valence-electron chi connectivity index (χ0n) is 10.7. The molecule has 2 aromatic carbocycles. The molecule has 1 aliphatic rings. The van der Waals surface area contributed by atoms with Gasteiger partial charge in [-0.15, -0.1) is 13.2 Å². The molecule has 0 spiro atoms. The largest absolute Gasteiger partial charge is 0.573 e. The zero-order valence-corrected chi connectivity index (χ0v) is 11.6. The van der Waals surface area contributed by atoms with Crippen LogP contribution >= 0.6 is 0 Å². The van der Waals surface area contributed by atoms with E-state index in [0.717, 1.165) is 40.0 Å². The van der Waals surface area contributed by atoms with Crippen molar-refractivity contribution in [2.24, 2.45) is 0 Å². The molecular weight excluding hydrogens is 285 g/mol. The summed E-state index contributed by atoms with van der Waals surface area (Å²) in [7, 11) is 0.0487. The van der Waals surface area contributed by atoms with E-state index in [-0.39, 0.29) is 16.6 Å². The molecule has 1 aliphatic heterocycles. The molecule has 106 valence electrons. The van der Waals surface area contributed by atoms with Crippen LogP contribution in [0.25, 0.3) is 10.8 Å². The predicted molar refractivity (Wildman–Crippen MR) is 75.2 cm³/mol. The van der Waals surface area contributed by atoms with Crippen LogP contribution in [0.1, 0.15) is 12.8 Å². The van der Waals surface area contributed by atoms with Gasteiger partial charge in [0.25, 0.3) is 0 Å². The summed E-state index contributed by atoms with van der Waals surface area (Å²) < 4.78 is 41.4. The molecule has 0 bridgehead atoms. The third kappa shape index (κ3) is 2.87. The second-order valence-corrected chi connectivity index (χ2v) is 7.04. The molecule has 3 rings (SSSR count). The van der Waals surface area contributed by atoms with Gasteiger partial charge in [-0.2, -0.15) is 0 Å². The quantitative estimate of drug-likeness (QED) is 0.741. The predicted octanol–water partition coefficient (Wildman–Crippen LogP) is 4.51. The van der Waals surface area contributed by atoms with E-state index in [1.807, 2.05) is 24.3 Å². The van der Waals surface area contributed by atoms with Gasteiger partial charge < -0.3 is 4.74 Å². The lowest BCUT2D eigenvalue weighted by Gasteiger charge is -2.12. The smallest absolute Gasteiger partial charge is 0.406 e. The molecule has 1 saturated heterocycles. The number of rotatable bonds is 2. The zero-order chi connectivity index (χ0) is 14.2.